The molecule has 1 amide bonds. The van der Waals surface area contributed by atoms with Gasteiger partial charge >= 0.3 is 11.9 Å². The minimum atomic E-state index is -1.53. The predicted molar refractivity (Wildman–Crippen MR) is 123 cm³/mol. The number of aliphatic carboxylic acids is 1. The van der Waals surface area contributed by atoms with Crippen LogP contribution >= 0.6 is 0 Å². The van der Waals surface area contributed by atoms with Crippen molar-refractivity contribution in [1.29, 1.82) is 0 Å². The first-order valence-corrected chi connectivity index (χ1v) is 10.8. The molecular formula is C26H25NO6. The number of aromatic hydroxyl groups is 2. The molecule has 7 heteroatoms. The Morgan fingerprint density at radius 1 is 0.939 bits per heavy atom. The third-order valence-electron chi connectivity index (χ3n) is 5.90. The maximum atomic E-state index is 11.7. The van der Waals surface area contributed by atoms with E-state index in [2.05, 4.69) is 5.32 Å². The predicted octanol–water partition coefficient (Wildman–Crippen LogP) is 4.50. The summed E-state index contributed by atoms with van der Waals surface area (Å²) in [4.78, 5) is 22.6. The Hall–Kier alpha value is -4.00. The maximum Gasteiger partial charge on any atom is 0.394 e. The molecule has 170 valence electrons. The van der Waals surface area contributed by atoms with E-state index >= 15 is 0 Å². The number of amides is 1. The Labute approximate surface area is 191 Å². The van der Waals surface area contributed by atoms with Crippen molar-refractivity contribution < 1.29 is 29.6 Å². The third kappa shape index (κ3) is 4.77. The van der Waals surface area contributed by atoms with Crippen LogP contribution in [-0.2, 0) is 35.3 Å². The molecule has 0 spiro atoms. The van der Waals surface area contributed by atoms with E-state index in [-0.39, 0.29) is 11.5 Å². The molecule has 3 aromatic carbocycles. The second-order valence-electron chi connectivity index (χ2n) is 8.16. The fraction of sp³-hybridized carbons (Fsp3) is 0.231. The lowest BCUT2D eigenvalue weighted by atomic mass is 10.0. The Bertz CT molecular complexity index is 1230. The first kappa shape index (κ1) is 22.2. The fourth-order valence-electron chi connectivity index (χ4n) is 4.26. The molecule has 0 aromatic heterocycles. The molecule has 3 aromatic rings. The number of nitrogens with one attached hydrogen (secondary N) is 1. The minimum absolute atomic E-state index is 0.159. The first-order valence-electron chi connectivity index (χ1n) is 10.8. The van der Waals surface area contributed by atoms with Crippen LogP contribution < -0.4 is 10.1 Å². The van der Waals surface area contributed by atoms with E-state index in [1.54, 1.807) is 36.4 Å². The Morgan fingerprint density at radius 2 is 1.64 bits per heavy atom. The molecule has 0 saturated heterocycles. The smallest absolute Gasteiger partial charge is 0.394 e. The number of anilines is 1. The number of fused-ring (bicyclic) bond motifs is 1. The summed E-state index contributed by atoms with van der Waals surface area (Å²) < 4.78 is 6.24. The van der Waals surface area contributed by atoms with Crippen LogP contribution in [0, 0.1) is 6.92 Å². The molecule has 0 unspecified atom stereocenters. The van der Waals surface area contributed by atoms with Gasteiger partial charge in [-0.3, -0.25) is 4.79 Å². The molecule has 1 aliphatic carbocycles. The number of carbonyl (C=O) groups is 2. The second-order valence-corrected chi connectivity index (χ2v) is 8.16. The molecule has 0 radical (unpaired) electrons. The molecule has 0 aliphatic heterocycles. The van der Waals surface area contributed by atoms with Gasteiger partial charge in [0.15, 0.2) is 0 Å². The van der Waals surface area contributed by atoms with E-state index in [1.165, 1.54) is 0 Å². The largest absolute Gasteiger partial charge is 0.508 e. The summed E-state index contributed by atoms with van der Waals surface area (Å²) >= 11 is 0. The molecular weight excluding hydrogens is 422 g/mol. The number of ether oxygens (including phenoxy) is 1. The SMILES string of the molecule is Cc1cc(NC(=O)C(=O)O)c2c(c1Oc1ccc(O)c(CCc3ccccc3O)c1)CCC2. The number of para-hydroxylation sites is 1. The van der Waals surface area contributed by atoms with E-state index in [1.807, 2.05) is 19.1 Å². The molecule has 0 fully saturated rings. The van der Waals surface area contributed by atoms with Gasteiger partial charge in [-0.2, -0.15) is 0 Å². The highest BCUT2D eigenvalue weighted by Gasteiger charge is 2.24. The average Bonchev–Trinajstić information content (AvgIpc) is 3.27. The molecule has 1 aliphatic rings. The molecule has 4 rings (SSSR count). The first-order chi connectivity index (χ1) is 15.8. The summed E-state index contributed by atoms with van der Waals surface area (Å²) in [6, 6.07) is 13.9. The van der Waals surface area contributed by atoms with Gasteiger partial charge in [0.2, 0.25) is 0 Å². The highest BCUT2D eigenvalue weighted by Crippen LogP contribution is 2.41. The molecule has 0 heterocycles. The van der Waals surface area contributed by atoms with Crippen LogP contribution in [0.4, 0.5) is 5.69 Å². The van der Waals surface area contributed by atoms with Crippen molar-refractivity contribution in [1.82, 2.24) is 0 Å². The van der Waals surface area contributed by atoms with Gasteiger partial charge in [0.05, 0.1) is 0 Å². The summed E-state index contributed by atoms with van der Waals surface area (Å²) in [5.41, 5.74) is 4.64. The van der Waals surface area contributed by atoms with Crippen LogP contribution in [0.25, 0.3) is 0 Å². The summed E-state index contributed by atoms with van der Waals surface area (Å²) in [5, 5.41) is 31.7. The zero-order chi connectivity index (χ0) is 23.5. The third-order valence-corrected chi connectivity index (χ3v) is 5.90. The van der Waals surface area contributed by atoms with Gasteiger partial charge in [0.1, 0.15) is 23.0 Å². The van der Waals surface area contributed by atoms with Crippen LogP contribution in [0.1, 0.15) is 34.2 Å². The van der Waals surface area contributed by atoms with Crippen molar-refractivity contribution in [2.45, 2.75) is 39.0 Å². The molecule has 33 heavy (non-hydrogen) atoms. The number of hydrogen-bond donors (Lipinski definition) is 4. The Balaban J connectivity index is 1.58. The number of carboxylic acids is 1. The quantitative estimate of drug-likeness (QED) is 0.414. The standard InChI is InChI=1S/C26H25NO6/c1-15-13-21(27-25(30)26(31)32)19-6-4-7-20(19)24(15)33-18-11-12-23(29)17(14-18)10-9-16-5-2-3-8-22(16)28/h2-3,5,8,11-14,28-29H,4,6-7,9-10H2,1H3,(H,27,30)(H,31,32). The molecule has 7 nitrogen and oxygen atoms in total. The lowest BCUT2D eigenvalue weighted by Gasteiger charge is -2.18. The molecule has 4 N–H and O–H groups in total. The van der Waals surface area contributed by atoms with E-state index in [9.17, 15) is 19.8 Å². The van der Waals surface area contributed by atoms with Crippen molar-refractivity contribution in [2.75, 3.05) is 5.32 Å². The van der Waals surface area contributed by atoms with Crippen molar-refractivity contribution in [2.24, 2.45) is 0 Å². The van der Waals surface area contributed by atoms with Crippen molar-refractivity contribution in [3.8, 4) is 23.0 Å². The fourth-order valence-corrected chi connectivity index (χ4v) is 4.26. The van der Waals surface area contributed by atoms with Gasteiger partial charge in [0.25, 0.3) is 0 Å². The number of carbonyl (C=O) groups excluding carboxylic acids is 1. The number of hydrogen-bond acceptors (Lipinski definition) is 5. The lowest BCUT2D eigenvalue weighted by Crippen LogP contribution is -2.22. The average molecular weight is 447 g/mol. The Morgan fingerprint density at radius 3 is 2.39 bits per heavy atom. The number of benzene rings is 3. The summed E-state index contributed by atoms with van der Waals surface area (Å²) in [7, 11) is 0. The van der Waals surface area contributed by atoms with Gasteiger partial charge < -0.3 is 25.4 Å². The summed E-state index contributed by atoms with van der Waals surface area (Å²) in [6.07, 6.45) is 3.46. The van der Waals surface area contributed by atoms with E-state index < -0.39 is 11.9 Å². The zero-order valence-corrected chi connectivity index (χ0v) is 18.2. The zero-order valence-electron chi connectivity index (χ0n) is 18.2. The van der Waals surface area contributed by atoms with Crippen molar-refractivity contribution >= 4 is 17.6 Å². The monoisotopic (exact) mass is 447 g/mol. The Kier molecular flexibility index (Phi) is 6.22. The van der Waals surface area contributed by atoms with Gasteiger partial charge in [0, 0.05) is 11.3 Å². The van der Waals surface area contributed by atoms with Crippen LogP contribution in [-0.4, -0.2) is 27.2 Å². The van der Waals surface area contributed by atoms with Crippen LogP contribution in [0.5, 0.6) is 23.0 Å². The van der Waals surface area contributed by atoms with Gasteiger partial charge in [-0.25, -0.2) is 4.79 Å². The number of phenols is 2. The number of rotatable bonds is 6. The summed E-state index contributed by atoms with van der Waals surface area (Å²) in [5.74, 6) is -0.949. The van der Waals surface area contributed by atoms with E-state index in [4.69, 9.17) is 9.84 Å². The summed E-state index contributed by atoms with van der Waals surface area (Å²) in [6.45, 7) is 1.85. The second kappa shape index (κ2) is 9.24. The van der Waals surface area contributed by atoms with Gasteiger partial charge in [-0.05, 0) is 91.6 Å². The molecule has 0 saturated carbocycles. The van der Waals surface area contributed by atoms with Gasteiger partial charge in [-0.15, -0.1) is 0 Å². The van der Waals surface area contributed by atoms with Gasteiger partial charge in [-0.1, -0.05) is 18.2 Å². The van der Waals surface area contributed by atoms with Crippen LogP contribution in [0.15, 0.2) is 48.5 Å². The topological polar surface area (TPSA) is 116 Å². The normalized spacial score (nSPS) is 12.3. The number of phenolic OH excluding ortho intramolecular Hbond substituents is 2. The minimum Gasteiger partial charge on any atom is -0.508 e. The van der Waals surface area contributed by atoms with Crippen molar-refractivity contribution in [3.63, 3.8) is 0 Å². The van der Waals surface area contributed by atoms with E-state index in [0.717, 1.165) is 41.5 Å². The van der Waals surface area contributed by atoms with Crippen molar-refractivity contribution in [3.05, 3.63) is 76.3 Å². The molecule has 0 bridgehead atoms. The highest BCUT2D eigenvalue weighted by atomic mass is 16.5. The highest BCUT2D eigenvalue weighted by molar-refractivity contribution is 6.36. The lowest BCUT2D eigenvalue weighted by molar-refractivity contribution is -0.147. The maximum absolute atomic E-state index is 11.7. The van der Waals surface area contributed by atoms with Crippen LogP contribution in [0.2, 0.25) is 0 Å². The number of carboxylic acid groups (broad SMARTS) is 1. The van der Waals surface area contributed by atoms with E-state index in [0.29, 0.717) is 35.6 Å². The molecule has 0 atom stereocenters. The van der Waals surface area contributed by atoms with Crippen LogP contribution in [0.3, 0.4) is 0 Å². The number of aryl methyl sites for hydroxylation is 3.